The monoisotopic (exact) mass is 244 g/mol. The zero-order valence-electron chi connectivity index (χ0n) is 10.9. The van der Waals surface area contributed by atoms with Crippen LogP contribution in [0, 0.1) is 5.92 Å². The van der Waals surface area contributed by atoms with E-state index in [9.17, 15) is 9.59 Å². The summed E-state index contributed by atoms with van der Waals surface area (Å²) in [4.78, 5) is 23.4. The van der Waals surface area contributed by atoms with Gasteiger partial charge in [0.15, 0.2) is 5.78 Å². The van der Waals surface area contributed by atoms with Gasteiger partial charge in [0.2, 0.25) is 5.91 Å². The van der Waals surface area contributed by atoms with Gasteiger partial charge in [-0.25, -0.2) is 0 Å². The van der Waals surface area contributed by atoms with Gasteiger partial charge in [0.25, 0.3) is 0 Å². The molecule has 0 aliphatic carbocycles. The van der Waals surface area contributed by atoms with Crippen molar-refractivity contribution in [3.05, 3.63) is 0 Å². The van der Waals surface area contributed by atoms with Crippen molar-refractivity contribution in [1.82, 2.24) is 5.32 Å². The molecule has 0 saturated heterocycles. The molecule has 0 rings (SSSR count). The van der Waals surface area contributed by atoms with Crippen LogP contribution in [0.1, 0.15) is 40.0 Å². The first-order valence-electron chi connectivity index (χ1n) is 6.13. The minimum atomic E-state index is -0.702. The van der Waals surface area contributed by atoms with Crippen LogP contribution in [0.3, 0.4) is 0 Å². The number of hydrogen-bond donors (Lipinski definition) is 3. The summed E-state index contributed by atoms with van der Waals surface area (Å²) in [6, 6.07) is -0.527. The Morgan fingerprint density at radius 1 is 1.35 bits per heavy atom. The summed E-state index contributed by atoms with van der Waals surface area (Å²) in [5.74, 6) is -0.384. The average molecular weight is 244 g/mol. The van der Waals surface area contributed by atoms with Gasteiger partial charge in [0.1, 0.15) is 0 Å². The van der Waals surface area contributed by atoms with Crippen LogP contribution in [0.2, 0.25) is 0 Å². The molecule has 17 heavy (non-hydrogen) atoms. The highest BCUT2D eigenvalue weighted by Crippen LogP contribution is 2.08. The van der Waals surface area contributed by atoms with Crippen molar-refractivity contribution in [2.75, 3.05) is 6.54 Å². The molecule has 4 N–H and O–H groups in total. The van der Waals surface area contributed by atoms with Crippen LogP contribution in [-0.2, 0) is 9.59 Å². The van der Waals surface area contributed by atoms with Gasteiger partial charge in [-0.05, 0) is 26.3 Å². The Morgan fingerprint density at radius 2 is 1.94 bits per heavy atom. The summed E-state index contributed by atoms with van der Waals surface area (Å²) in [6.45, 7) is 5.65. The Bertz CT molecular complexity index is 254. The molecule has 0 aromatic carbocycles. The Hall–Kier alpha value is -0.940. The zero-order chi connectivity index (χ0) is 13.4. The van der Waals surface area contributed by atoms with E-state index in [0.29, 0.717) is 13.0 Å². The number of aliphatic hydroxyl groups excluding tert-OH is 1. The van der Waals surface area contributed by atoms with Gasteiger partial charge in [-0.2, -0.15) is 0 Å². The minimum absolute atomic E-state index is 0.00879. The summed E-state index contributed by atoms with van der Waals surface area (Å²) in [6.07, 6.45) is 0.489. The summed E-state index contributed by atoms with van der Waals surface area (Å²) in [7, 11) is 0. The Balaban J connectivity index is 4.42. The molecule has 0 radical (unpaired) electrons. The van der Waals surface area contributed by atoms with E-state index in [1.807, 2.05) is 13.8 Å². The number of nitrogens with one attached hydrogen (secondary N) is 1. The number of ketones is 1. The number of carbonyl (C=O) groups excluding carboxylic acids is 2. The maximum atomic E-state index is 12.0. The van der Waals surface area contributed by atoms with E-state index < -0.39 is 12.1 Å². The summed E-state index contributed by atoms with van der Waals surface area (Å²) >= 11 is 0. The molecular formula is C12H24N2O3. The van der Waals surface area contributed by atoms with Crippen molar-refractivity contribution < 1.29 is 14.7 Å². The SMILES string of the molecule is CCC(C)C(=O)C(CCN)NC(=O)CC(C)O. The zero-order valence-corrected chi connectivity index (χ0v) is 10.9. The lowest BCUT2D eigenvalue weighted by molar-refractivity contribution is -0.130. The third kappa shape index (κ3) is 6.38. The van der Waals surface area contributed by atoms with Crippen LogP contribution in [0.5, 0.6) is 0 Å². The van der Waals surface area contributed by atoms with Crippen molar-refractivity contribution in [1.29, 1.82) is 0 Å². The first kappa shape index (κ1) is 16.1. The number of rotatable bonds is 8. The first-order chi connectivity index (χ1) is 7.92. The van der Waals surface area contributed by atoms with E-state index >= 15 is 0 Å². The first-order valence-corrected chi connectivity index (χ1v) is 6.13. The van der Waals surface area contributed by atoms with Crippen LogP contribution in [0.25, 0.3) is 0 Å². The molecular weight excluding hydrogens is 220 g/mol. The third-order valence-electron chi connectivity index (χ3n) is 2.71. The van der Waals surface area contributed by atoms with Crippen molar-refractivity contribution in [3.8, 4) is 0 Å². The number of aliphatic hydroxyl groups is 1. The molecule has 0 aromatic heterocycles. The van der Waals surface area contributed by atoms with Gasteiger partial charge in [0.05, 0.1) is 18.6 Å². The Morgan fingerprint density at radius 3 is 2.35 bits per heavy atom. The van der Waals surface area contributed by atoms with E-state index in [1.54, 1.807) is 0 Å². The predicted molar refractivity (Wildman–Crippen MR) is 66.4 cm³/mol. The number of Topliss-reactive ketones (excluding diaryl/α,β-unsaturated/α-hetero) is 1. The number of nitrogens with two attached hydrogens (primary N) is 1. The van der Waals surface area contributed by atoms with Gasteiger partial charge < -0.3 is 16.2 Å². The third-order valence-corrected chi connectivity index (χ3v) is 2.71. The van der Waals surface area contributed by atoms with Crippen molar-refractivity contribution in [3.63, 3.8) is 0 Å². The van der Waals surface area contributed by atoms with Crippen LogP contribution in [-0.4, -0.2) is 35.5 Å². The normalized spacial score (nSPS) is 16.1. The molecule has 0 spiro atoms. The number of hydrogen-bond acceptors (Lipinski definition) is 4. The fourth-order valence-electron chi connectivity index (χ4n) is 1.52. The summed E-state index contributed by atoms with van der Waals surface area (Å²) < 4.78 is 0. The van der Waals surface area contributed by atoms with Crippen LogP contribution >= 0.6 is 0 Å². The lowest BCUT2D eigenvalue weighted by Crippen LogP contribution is -2.44. The molecule has 3 unspecified atom stereocenters. The maximum absolute atomic E-state index is 12.0. The lowest BCUT2D eigenvalue weighted by Gasteiger charge is -2.20. The molecule has 0 fully saturated rings. The van der Waals surface area contributed by atoms with Crippen molar-refractivity contribution in [2.45, 2.75) is 52.2 Å². The molecule has 0 bridgehead atoms. The molecule has 0 aromatic rings. The highest BCUT2D eigenvalue weighted by Gasteiger charge is 2.23. The van der Waals surface area contributed by atoms with E-state index in [4.69, 9.17) is 10.8 Å². The maximum Gasteiger partial charge on any atom is 0.223 e. The largest absolute Gasteiger partial charge is 0.393 e. The highest BCUT2D eigenvalue weighted by atomic mass is 16.3. The molecule has 100 valence electrons. The van der Waals surface area contributed by atoms with Gasteiger partial charge in [-0.3, -0.25) is 9.59 Å². The van der Waals surface area contributed by atoms with Gasteiger partial charge >= 0.3 is 0 Å². The standard InChI is InChI=1S/C12H24N2O3/c1-4-8(2)12(17)10(5-6-13)14-11(16)7-9(3)15/h8-10,15H,4-7,13H2,1-3H3,(H,14,16). The molecule has 0 heterocycles. The topological polar surface area (TPSA) is 92.4 Å². The molecule has 0 aliphatic rings. The second-order valence-corrected chi connectivity index (χ2v) is 4.46. The second kappa shape index (κ2) is 8.20. The second-order valence-electron chi connectivity index (χ2n) is 4.46. The lowest BCUT2D eigenvalue weighted by atomic mass is 9.95. The van der Waals surface area contributed by atoms with Crippen LogP contribution in [0.4, 0.5) is 0 Å². The fraction of sp³-hybridized carbons (Fsp3) is 0.833. The molecule has 3 atom stereocenters. The molecule has 5 nitrogen and oxygen atoms in total. The van der Waals surface area contributed by atoms with Gasteiger partial charge in [-0.1, -0.05) is 13.8 Å². The van der Waals surface area contributed by atoms with Crippen molar-refractivity contribution >= 4 is 11.7 Å². The van der Waals surface area contributed by atoms with Crippen molar-refractivity contribution in [2.24, 2.45) is 11.7 Å². The number of carbonyl (C=O) groups is 2. The minimum Gasteiger partial charge on any atom is -0.393 e. The van der Waals surface area contributed by atoms with E-state index in [-0.39, 0.29) is 24.0 Å². The Labute approximate surface area is 103 Å². The predicted octanol–water partition coefficient (Wildman–Crippen LogP) is 0.206. The molecule has 0 aliphatic heterocycles. The molecule has 0 saturated carbocycles. The summed E-state index contributed by atoms with van der Waals surface area (Å²) in [5.41, 5.74) is 5.43. The molecule has 5 heteroatoms. The van der Waals surface area contributed by atoms with E-state index in [2.05, 4.69) is 5.32 Å². The average Bonchev–Trinajstić information content (AvgIpc) is 2.25. The van der Waals surface area contributed by atoms with E-state index in [0.717, 1.165) is 6.42 Å². The van der Waals surface area contributed by atoms with Crippen LogP contribution in [0.15, 0.2) is 0 Å². The van der Waals surface area contributed by atoms with E-state index in [1.165, 1.54) is 6.92 Å². The Kier molecular flexibility index (Phi) is 7.74. The smallest absolute Gasteiger partial charge is 0.223 e. The fourth-order valence-corrected chi connectivity index (χ4v) is 1.52. The van der Waals surface area contributed by atoms with Gasteiger partial charge in [0, 0.05) is 5.92 Å². The van der Waals surface area contributed by atoms with Gasteiger partial charge in [-0.15, -0.1) is 0 Å². The van der Waals surface area contributed by atoms with Crippen LogP contribution < -0.4 is 11.1 Å². The quantitative estimate of drug-likeness (QED) is 0.569. The molecule has 1 amide bonds. The number of amides is 1. The summed E-state index contributed by atoms with van der Waals surface area (Å²) in [5, 5.41) is 11.7. The highest BCUT2D eigenvalue weighted by molar-refractivity contribution is 5.90.